The number of hydrogen-bond acceptors (Lipinski definition) is 6. The van der Waals surface area contributed by atoms with Gasteiger partial charge in [0.15, 0.2) is 0 Å². The lowest BCUT2D eigenvalue weighted by Crippen LogP contribution is -2.35. The van der Waals surface area contributed by atoms with Crippen LogP contribution in [0.4, 0.5) is 5.82 Å². The highest BCUT2D eigenvalue weighted by Crippen LogP contribution is 2.22. The van der Waals surface area contributed by atoms with Gasteiger partial charge in [-0.2, -0.15) is 10.2 Å². The van der Waals surface area contributed by atoms with Crippen LogP contribution in [0.5, 0.6) is 0 Å². The van der Waals surface area contributed by atoms with Crippen molar-refractivity contribution in [3.8, 4) is 5.69 Å². The highest BCUT2D eigenvalue weighted by Gasteiger charge is 2.26. The first-order valence-electron chi connectivity index (χ1n) is 9.94. The first-order chi connectivity index (χ1) is 15.1. The average Bonchev–Trinajstić information content (AvgIpc) is 3.41. The minimum Gasteiger partial charge on any atom is -0.465 e. The topological polar surface area (TPSA) is 120 Å². The highest BCUT2D eigenvalue weighted by molar-refractivity contribution is 6.39. The van der Waals surface area contributed by atoms with Gasteiger partial charge in [0.1, 0.15) is 11.4 Å². The van der Waals surface area contributed by atoms with Crippen molar-refractivity contribution in [3.05, 3.63) is 59.5 Å². The summed E-state index contributed by atoms with van der Waals surface area (Å²) in [5, 5.41) is 13.7. The van der Waals surface area contributed by atoms with Gasteiger partial charge in [-0.05, 0) is 31.4 Å². The van der Waals surface area contributed by atoms with Crippen molar-refractivity contribution in [1.29, 1.82) is 0 Å². The fourth-order valence-electron chi connectivity index (χ4n) is 3.60. The van der Waals surface area contributed by atoms with E-state index < -0.39 is 17.8 Å². The van der Waals surface area contributed by atoms with Crippen molar-refractivity contribution in [2.24, 2.45) is 0 Å². The number of aryl methyl sites for hydroxylation is 1. The molecule has 2 aromatic heterocycles. The van der Waals surface area contributed by atoms with Crippen molar-refractivity contribution < 1.29 is 19.1 Å². The van der Waals surface area contributed by atoms with Gasteiger partial charge in [0.05, 0.1) is 36.9 Å². The second kappa shape index (κ2) is 8.82. The number of aromatic nitrogens is 4. The first-order valence-corrected chi connectivity index (χ1v) is 9.94. The summed E-state index contributed by atoms with van der Waals surface area (Å²) in [4.78, 5) is 37.0. The molecule has 0 aliphatic carbocycles. The van der Waals surface area contributed by atoms with E-state index >= 15 is 0 Å². The average molecular weight is 422 g/mol. The number of ether oxygens (including phenoxy) is 1. The van der Waals surface area contributed by atoms with E-state index in [0.717, 1.165) is 30.6 Å². The number of benzene rings is 1. The van der Waals surface area contributed by atoms with Gasteiger partial charge < -0.3 is 15.4 Å². The third kappa shape index (κ3) is 4.18. The van der Waals surface area contributed by atoms with Gasteiger partial charge in [-0.1, -0.05) is 18.2 Å². The molecular weight excluding hydrogens is 400 g/mol. The number of amides is 2. The Morgan fingerprint density at radius 2 is 1.90 bits per heavy atom. The molecule has 4 rings (SSSR count). The number of carbonyl (C=O) groups excluding carboxylic acids is 3. The smallest absolute Gasteiger partial charge is 0.341 e. The van der Waals surface area contributed by atoms with Crippen LogP contribution < -0.4 is 10.6 Å². The van der Waals surface area contributed by atoms with Crippen LogP contribution in [0.2, 0.25) is 0 Å². The molecule has 0 bridgehead atoms. The summed E-state index contributed by atoms with van der Waals surface area (Å²) >= 11 is 0. The van der Waals surface area contributed by atoms with Crippen LogP contribution in [0.15, 0.2) is 42.6 Å². The normalized spacial score (nSPS) is 12.7. The monoisotopic (exact) mass is 422 g/mol. The molecule has 10 nitrogen and oxygen atoms in total. The standard InChI is InChI=1S/C21H22N6O4/c1-31-21(30)18-15(25-26-12-6-5-9-16(18)26)13-22-19(28)20(29)24-17-10-11-23-27(17)14-7-3-2-4-8-14/h2-4,7-8,10-11H,5-6,9,12-13H2,1H3,(H,22,28)(H,24,29). The summed E-state index contributed by atoms with van der Waals surface area (Å²) in [7, 11) is 1.31. The van der Waals surface area contributed by atoms with Crippen LogP contribution in [0.1, 0.15) is 34.6 Å². The minimum atomic E-state index is -0.846. The van der Waals surface area contributed by atoms with E-state index in [0.29, 0.717) is 23.6 Å². The molecule has 160 valence electrons. The lowest BCUT2D eigenvalue weighted by Gasteiger charge is -2.13. The lowest BCUT2D eigenvalue weighted by atomic mass is 10.0. The molecule has 3 aromatic rings. The second-order valence-electron chi connectivity index (χ2n) is 7.04. The quantitative estimate of drug-likeness (QED) is 0.474. The largest absolute Gasteiger partial charge is 0.465 e. The Labute approximate surface area is 178 Å². The van der Waals surface area contributed by atoms with Gasteiger partial charge in [0.2, 0.25) is 0 Å². The van der Waals surface area contributed by atoms with E-state index in [1.807, 2.05) is 30.3 Å². The summed E-state index contributed by atoms with van der Waals surface area (Å²) < 4.78 is 8.18. The molecule has 0 saturated carbocycles. The first kappa shape index (κ1) is 20.3. The molecule has 31 heavy (non-hydrogen) atoms. The molecule has 1 aromatic carbocycles. The summed E-state index contributed by atoms with van der Waals surface area (Å²) in [6.45, 7) is 0.645. The Bertz CT molecular complexity index is 1120. The van der Waals surface area contributed by atoms with Crippen molar-refractivity contribution in [1.82, 2.24) is 24.9 Å². The van der Waals surface area contributed by atoms with Crippen molar-refractivity contribution in [3.63, 3.8) is 0 Å². The number of fused-ring (bicyclic) bond motifs is 1. The molecular formula is C21H22N6O4. The van der Waals surface area contributed by atoms with Gasteiger partial charge in [-0.15, -0.1) is 0 Å². The SMILES string of the molecule is COC(=O)c1c(CNC(=O)C(=O)Nc2ccnn2-c2ccccc2)nn2c1CCCC2. The van der Waals surface area contributed by atoms with Crippen LogP contribution >= 0.6 is 0 Å². The Kier molecular flexibility index (Phi) is 5.78. The van der Waals surface area contributed by atoms with Crippen molar-refractivity contribution >= 4 is 23.6 Å². The maximum absolute atomic E-state index is 12.4. The fraction of sp³-hybridized carbons (Fsp3) is 0.286. The van der Waals surface area contributed by atoms with Gasteiger partial charge in [-0.25, -0.2) is 9.48 Å². The number of anilines is 1. The number of rotatable bonds is 5. The molecule has 2 amide bonds. The van der Waals surface area contributed by atoms with Crippen LogP contribution in [0.3, 0.4) is 0 Å². The highest BCUT2D eigenvalue weighted by atomic mass is 16.5. The van der Waals surface area contributed by atoms with Crippen LogP contribution in [0.25, 0.3) is 5.69 Å². The number of methoxy groups -OCH3 is 1. The molecule has 0 radical (unpaired) electrons. The number of esters is 1. The van der Waals surface area contributed by atoms with Crippen LogP contribution in [-0.4, -0.2) is 44.5 Å². The summed E-state index contributed by atoms with van der Waals surface area (Å²) in [6.07, 6.45) is 4.17. The molecule has 1 aliphatic rings. The van der Waals surface area contributed by atoms with Gasteiger partial charge in [-0.3, -0.25) is 14.3 Å². The van der Waals surface area contributed by atoms with Gasteiger partial charge in [0, 0.05) is 12.6 Å². The molecule has 2 N–H and O–H groups in total. The van der Waals surface area contributed by atoms with Crippen LogP contribution in [-0.2, 0) is 33.8 Å². The Balaban J connectivity index is 1.44. The van der Waals surface area contributed by atoms with E-state index in [2.05, 4.69) is 20.8 Å². The predicted molar refractivity (Wildman–Crippen MR) is 111 cm³/mol. The minimum absolute atomic E-state index is 0.0609. The maximum Gasteiger partial charge on any atom is 0.341 e. The van der Waals surface area contributed by atoms with Crippen molar-refractivity contribution in [2.45, 2.75) is 32.4 Å². The van der Waals surface area contributed by atoms with Crippen molar-refractivity contribution in [2.75, 3.05) is 12.4 Å². The Morgan fingerprint density at radius 3 is 2.68 bits per heavy atom. The fourth-order valence-corrected chi connectivity index (χ4v) is 3.60. The number of nitrogens with one attached hydrogen (secondary N) is 2. The third-order valence-electron chi connectivity index (χ3n) is 5.06. The van der Waals surface area contributed by atoms with E-state index in [9.17, 15) is 14.4 Å². The maximum atomic E-state index is 12.4. The molecule has 10 heteroatoms. The third-order valence-corrected chi connectivity index (χ3v) is 5.06. The van der Waals surface area contributed by atoms with Gasteiger partial charge in [0.25, 0.3) is 0 Å². The predicted octanol–water partition coefficient (Wildman–Crippen LogP) is 1.45. The zero-order chi connectivity index (χ0) is 21.8. The molecule has 0 saturated heterocycles. The molecule has 0 fully saturated rings. The zero-order valence-corrected chi connectivity index (χ0v) is 17.0. The molecule has 0 atom stereocenters. The molecule has 0 spiro atoms. The summed E-state index contributed by atoms with van der Waals surface area (Å²) in [5.41, 5.74) is 2.30. The Morgan fingerprint density at radius 1 is 1.10 bits per heavy atom. The van der Waals surface area contributed by atoms with Gasteiger partial charge >= 0.3 is 17.8 Å². The summed E-state index contributed by atoms with van der Waals surface area (Å²) in [6, 6.07) is 10.8. The summed E-state index contributed by atoms with van der Waals surface area (Å²) in [5.74, 6) is -1.83. The number of para-hydroxylation sites is 1. The Hall–Kier alpha value is -3.95. The molecule has 0 unspecified atom stereocenters. The lowest BCUT2D eigenvalue weighted by molar-refractivity contribution is -0.136. The zero-order valence-electron chi connectivity index (χ0n) is 17.0. The number of nitrogens with zero attached hydrogens (tertiary/aromatic N) is 4. The number of carbonyl (C=O) groups is 3. The molecule has 1 aliphatic heterocycles. The van der Waals surface area contributed by atoms with Crippen LogP contribution in [0, 0.1) is 0 Å². The van der Waals surface area contributed by atoms with E-state index in [1.165, 1.54) is 18.0 Å². The number of hydrogen-bond donors (Lipinski definition) is 2. The second-order valence-corrected chi connectivity index (χ2v) is 7.04. The van der Waals surface area contributed by atoms with E-state index in [1.54, 1.807) is 10.7 Å². The molecule has 3 heterocycles. The van der Waals surface area contributed by atoms with E-state index in [-0.39, 0.29) is 6.54 Å². The van der Waals surface area contributed by atoms with E-state index in [4.69, 9.17) is 4.74 Å².